The van der Waals surface area contributed by atoms with Crippen LogP contribution in [-0.4, -0.2) is 0 Å². The van der Waals surface area contributed by atoms with Crippen LogP contribution in [0.15, 0.2) is 158 Å². The lowest BCUT2D eigenvalue weighted by molar-refractivity contribution is 1.60. The normalized spacial score (nSPS) is 11.8. The van der Waals surface area contributed by atoms with Crippen LogP contribution in [0.25, 0.3) is 88.0 Å². The molecule has 0 saturated carbocycles. The summed E-state index contributed by atoms with van der Waals surface area (Å²) in [5.41, 5.74) is 12.9. The molecule has 8 aromatic rings. The van der Waals surface area contributed by atoms with Crippen molar-refractivity contribution < 1.29 is 0 Å². The van der Waals surface area contributed by atoms with Crippen LogP contribution in [0.1, 0.15) is 0 Å². The van der Waals surface area contributed by atoms with Crippen molar-refractivity contribution in [2.45, 2.75) is 0 Å². The van der Waals surface area contributed by atoms with Gasteiger partial charge in [-0.25, -0.2) is 0 Å². The maximum Gasteiger partial charge on any atom is -0.00199 e. The smallest absolute Gasteiger partial charge is 0.00199 e. The van der Waals surface area contributed by atoms with Crippen LogP contribution in [0.4, 0.5) is 0 Å². The molecule has 1 aliphatic carbocycles. The Morgan fingerprint density at radius 1 is 0.238 bits per heavy atom. The fraction of sp³-hybridized carbons (Fsp3) is 0. The monoisotopic (exact) mass is 530 g/mol. The Hall–Kier alpha value is -5.46. The molecule has 1 aliphatic rings. The minimum atomic E-state index is 1.25. The Bertz CT molecular complexity index is 2280. The molecule has 0 aliphatic heterocycles. The van der Waals surface area contributed by atoms with Crippen LogP contribution in [-0.2, 0) is 0 Å². The van der Waals surface area contributed by atoms with Crippen molar-refractivity contribution in [3.05, 3.63) is 158 Å². The Morgan fingerprint density at radius 3 is 1.36 bits per heavy atom. The van der Waals surface area contributed by atoms with E-state index in [1.54, 1.807) is 0 Å². The first-order valence-corrected chi connectivity index (χ1v) is 14.6. The fourth-order valence-corrected chi connectivity index (χ4v) is 7.34. The van der Waals surface area contributed by atoms with Gasteiger partial charge in [-0.05, 0) is 88.0 Å². The molecule has 0 unspecified atom stereocenters. The second-order valence-electron chi connectivity index (χ2n) is 11.2. The predicted octanol–water partition coefficient (Wildman–Crippen LogP) is 11.8. The highest BCUT2D eigenvalue weighted by molar-refractivity contribution is 6.24. The minimum absolute atomic E-state index is 1.25. The second-order valence-corrected chi connectivity index (χ2v) is 11.2. The summed E-state index contributed by atoms with van der Waals surface area (Å²) < 4.78 is 0. The van der Waals surface area contributed by atoms with Gasteiger partial charge in [-0.15, -0.1) is 0 Å². The quantitative estimate of drug-likeness (QED) is 0.195. The zero-order valence-corrected chi connectivity index (χ0v) is 23.0. The average molecular weight is 531 g/mol. The second kappa shape index (κ2) is 9.03. The molecule has 194 valence electrons. The summed E-state index contributed by atoms with van der Waals surface area (Å²) >= 11 is 0. The van der Waals surface area contributed by atoms with Gasteiger partial charge in [0.25, 0.3) is 0 Å². The fourth-order valence-electron chi connectivity index (χ4n) is 7.34. The summed E-state index contributed by atoms with van der Waals surface area (Å²) in [5, 5.41) is 7.73. The molecule has 42 heavy (non-hydrogen) atoms. The largest absolute Gasteiger partial charge is 0.0622 e. The molecule has 0 amide bonds. The molecule has 9 rings (SSSR count). The first kappa shape index (κ1) is 23.3. The molecule has 0 nitrogen and oxygen atoms in total. The highest BCUT2D eigenvalue weighted by atomic mass is 14.3. The molecule has 0 saturated heterocycles. The van der Waals surface area contributed by atoms with Crippen molar-refractivity contribution in [1.82, 2.24) is 0 Å². The van der Waals surface area contributed by atoms with Gasteiger partial charge in [0, 0.05) is 0 Å². The molecule has 0 atom stereocenters. The van der Waals surface area contributed by atoms with E-state index < -0.39 is 0 Å². The lowest BCUT2D eigenvalue weighted by Gasteiger charge is -2.21. The maximum absolute atomic E-state index is 2.34. The highest BCUT2D eigenvalue weighted by Gasteiger charge is 2.25. The molecular weight excluding hydrogens is 504 g/mol. The van der Waals surface area contributed by atoms with E-state index in [1.165, 1.54) is 88.0 Å². The number of benzene rings is 8. The highest BCUT2D eigenvalue weighted by Crippen LogP contribution is 2.53. The molecule has 0 fully saturated rings. The van der Waals surface area contributed by atoms with Gasteiger partial charge in [-0.2, -0.15) is 0 Å². The van der Waals surface area contributed by atoms with E-state index >= 15 is 0 Å². The predicted molar refractivity (Wildman–Crippen MR) is 180 cm³/mol. The number of fused-ring (bicyclic) bond motifs is 7. The Labute approximate surface area is 245 Å². The van der Waals surface area contributed by atoms with E-state index in [0.717, 1.165) is 0 Å². The topological polar surface area (TPSA) is 0 Å². The molecule has 0 spiro atoms. The average Bonchev–Trinajstić information content (AvgIpc) is 3.18. The first-order valence-electron chi connectivity index (χ1n) is 14.6. The Balaban J connectivity index is 1.48. The third-order valence-corrected chi connectivity index (χ3v) is 9.01. The summed E-state index contributed by atoms with van der Waals surface area (Å²) in [5.74, 6) is 0. The standard InChI is InChI=1S/C42H26/c1-2-13-27(14-3-1)40-32-19-6-8-21-35(32)42(36-22-9-7-20-33(36)40)38-26-12-25-37-34-24-11-16-28-15-10-23-30(39(28)34)29-17-4-5-18-31(29)41(37)38/h1-26H. The van der Waals surface area contributed by atoms with Crippen LogP contribution in [0, 0.1) is 0 Å². The zero-order valence-electron chi connectivity index (χ0n) is 23.0. The number of hydrogen-bond donors (Lipinski definition) is 0. The lowest BCUT2D eigenvalue weighted by Crippen LogP contribution is -1.94. The molecule has 0 heterocycles. The van der Waals surface area contributed by atoms with Crippen molar-refractivity contribution in [2.75, 3.05) is 0 Å². The van der Waals surface area contributed by atoms with Gasteiger partial charge in [0.05, 0.1) is 0 Å². The van der Waals surface area contributed by atoms with Crippen LogP contribution < -0.4 is 0 Å². The molecule has 8 aromatic carbocycles. The molecule has 0 aromatic heterocycles. The van der Waals surface area contributed by atoms with Crippen molar-refractivity contribution in [3.8, 4) is 55.6 Å². The minimum Gasteiger partial charge on any atom is -0.0622 e. The first-order chi connectivity index (χ1) is 20.9. The zero-order chi connectivity index (χ0) is 27.6. The van der Waals surface area contributed by atoms with Crippen LogP contribution in [0.2, 0.25) is 0 Å². The van der Waals surface area contributed by atoms with E-state index in [2.05, 4.69) is 158 Å². The van der Waals surface area contributed by atoms with E-state index in [0.29, 0.717) is 0 Å². The summed E-state index contributed by atoms with van der Waals surface area (Å²) in [7, 11) is 0. The molecule has 0 heteroatoms. The van der Waals surface area contributed by atoms with Gasteiger partial charge in [0.1, 0.15) is 0 Å². The SMILES string of the molecule is c1ccc(-c2c3ccccc3c(-c3cccc4c3-c3ccccc3-c3cccc5cccc-4c35)c3ccccc23)cc1. The molecule has 0 bridgehead atoms. The van der Waals surface area contributed by atoms with Gasteiger partial charge in [-0.1, -0.05) is 158 Å². The van der Waals surface area contributed by atoms with Crippen molar-refractivity contribution in [1.29, 1.82) is 0 Å². The van der Waals surface area contributed by atoms with Gasteiger partial charge < -0.3 is 0 Å². The van der Waals surface area contributed by atoms with E-state index in [1.807, 2.05) is 0 Å². The van der Waals surface area contributed by atoms with E-state index in [9.17, 15) is 0 Å². The Kier molecular flexibility index (Phi) is 5.00. The summed E-state index contributed by atoms with van der Waals surface area (Å²) in [6.07, 6.45) is 0. The third-order valence-electron chi connectivity index (χ3n) is 9.01. The summed E-state index contributed by atoms with van der Waals surface area (Å²) in [6.45, 7) is 0. The molecule has 0 radical (unpaired) electrons. The van der Waals surface area contributed by atoms with Gasteiger partial charge in [0.2, 0.25) is 0 Å². The third kappa shape index (κ3) is 3.24. The van der Waals surface area contributed by atoms with E-state index in [4.69, 9.17) is 0 Å². The molecule has 0 N–H and O–H groups in total. The van der Waals surface area contributed by atoms with Gasteiger partial charge in [0.15, 0.2) is 0 Å². The van der Waals surface area contributed by atoms with Crippen LogP contribution >= 0.6 is 0 Å². The van der Waals surface area contributed by atoms with Gasteiger partial charge in [-0.3, -0.25) is 0 Å². The maximum atomic E-state index is 2.34. The summed E-state index contributed by atoms with van der Waals surface area (Å²) in [6, 6.07) is 58.1. The summed E-state index contributed by atoms with van der Waals surface area (Å²) in [4.78, 5) is 0. The number of rotatable bonds is 2. The van der Waals surface area contributed by atoms with E-state index in [-0.39, 0.29) is 0 Å². The van der Waals surface area contributed by atoms with Crippen LogP contribution in [0.3, 0.4) is 0 Å². The lowest BCUT2D eigenvalue weighted by atomic mass is 9.81. The van der Waals surface area contributed by atoms with Gasteiger partial charge >= 0.3 is 0 Å². The van der Waals surface area contributed by atoms with Crippen molar-refractivity contribution in [2.24, 2.45) is 0 Å². The van der Waals surface area contributed by atoms with Crippen molar-refractivity contribution in [3.63, 3.8) is 0 Å². The number of hydrogen-bond acceptors (Lipinski definition) is 0. The Morgan fingerprint density at radius 2 is 0.690 bits per heavy atom. The van der Waals surface area contributed by atoms with Crippen LogP contribution in [0.5, 0.6) is 0 Å². The van der Waals surface area contributed by atoms with Crippen molar-refractivity contribution >= 4 is 32.3 Å². The molecular formula is C42H26.